The molecule has 6 heteroatoms. The van der Waals surface area contributed by atoms with Crippen LogP contribution in [0.15, 0.2) is 34.9 Å². The van der Waals surface area contributed by atoms with Gasteiger partial charge in [-0.25, -0.2) is 9.07 Å². The number of rotatable bonds is 3. The van der Waals surface area contributed by atoms with E-state index < -0.39 is 5.97 Å². The normalized spacial score (nSPS) is 21.7. The number of aliphatic carboxylic acids is 1. The lowest BCUT2D eigenvalue weighted by Gasteiger charge is -2.27. The lowest BCUT2D eigenvalue weighted by molar-refractivity contribution is -0.143. The Morgan fingerprint density at radius 2 is 1.95 bits per heavy atom. The third kappa shape index (κ3) is 2.92. The van der Waals surface area contributed by atoms with Crippen molar-refractivity contribution in [1.82, 2.24) is 9.78 Å². The van der Waals surface area contributed by atoms with Crippen molar-refractivity contribution in [2.24, 2.45) is 5.92 Å². The van der Waals surface area contributed by atoms with Crippen molar-refractivity contribution in [1.29, 1.82) is 0 Å². The molecule has 1 heterocycles. The first-order valence-electron chi connectivity index (χ1n) is 7.30. The third-order valence-corrected chi connectivity index (χ3v) is 4.83. The zero-order valence-corrected chi connectivity index (χ0v) is 13.5. The molecule has 1 aliphatic rings. The van der Waals surface area contributed by atoms with Crippen LogP contribution in [0.4, 0.5) is 4.39 Å². The molecule has 1 N–H and O–H groups in total. The van der Waals surface area contributed by atoms with Gasteiger partial charge in [0, 0.05) is 12.1 Å². The van der Waals surface area contributed by atoms with Gasteiger partial charge < -0.3 is 5.11 Å². The number of benzene rings is 1. The highest BCUT2D eigenvalue weighted by Gasteiger charge is 2.34. The zero-order chi connectivity index (χ0) is 15.7. The largest absolute Gasteiger partial charge is 0.481 e. The molecule has 0 radical (unpaired) electrons. The van der Waals surface area contributed by atoms with Crippen LogP contribution in [0.2, 0.25) is 0 Å². The van der Waals surface area contributed by atoms with Gasteiger partial charge in [0.05, 0.1) is 21.8 Å². The predicted molar refractivity (Wildman–Crippen MR) is 83.6 cm³/mol. The zero-order valence-electron chi connectivity index (χ0n) is 11.9. The minimum absolute atomic E-state index is 0.0812. The van der Waals surface area contributed by atoms with E-state index >= 15 is 0 Å². The maximum atomic E-state index is 13.0. The quantitative estimate of drug-likeness (QED) is 0.888. The van der Waals surface area contributed by atoms with Gasteiger partial charge in [0.2, 0.25) is 0 Å². The molecule has 116 valence electrons. The molecule has 0 aliphatic heterocycles. The molecule has 0 amide bonds. The van der Waals surface area contributed by atoms with E-state index in [1.54, 1.807) is 23.0 Å². The average molecular weight is 367 g/mol. The van der Waals surface area contributed by atoms with Gasteiger partial charge in [-0.1, -0.05) is 12.8 Å². The fraction of sp³-hybridized carbons (Fsp3) is 0.375. The highest BCUT2D eigenvalue weighted by Crippen LogP contribution is 2.40. The summed E-state index contributed by atoms with van der Waals surface area (Å²) in [5, 5.41) is 14.0. The maximum absolute atomic E-state index is 13.0. The second-order valence-electron chi connectivity index (χ2n) is 5.62. The molecule has 1 aromatic carbocycles. The summed E-state index contributed by atoms with van der Waals surface area (Å²) in [6, 6.07) is 6.05. The number of halogens is 2. The molecular formula is C16H16BrFN2O2. The number of nitrogens with zero attached hydrogens (tertiary/aromatic N) is 2. The smallest absolute Gasteiger partial charge is 0.307 e. The predicted octanol–water partition coefficient (Wildman–Crippen LogP) is 4.13. The number of carboxylic acids is 1. The van der Waals surface area contributed by atoms with E-state index in [0.29, 0.717) is 6.42 Å². The Bertz CT molecular complexity index is 684. The van der Waals surface area contributed by atoms with Crippen molar-refractivity contribution in [2.75, 3.05) is 0 Å². The molecule has 1 fully saturated rings. The third-order valence-electron chi connectivity index (χ3n) is 4.22. The Kier molecular flexibility index (Phi) is 4.29. The van der Waals surface area contributed by atoms with Gasteiger partial charge in [-0.05, 0) is 53.0 Å². The summed E-state index contributed by atoms with van der Waals surface area (Å²) >= 11 is 3.49. The number of carbonyl (C=O) groups is 1. The molecule has 2 aromatic rings. The summed E-state index contributed by atoms with van der Waals surface area (Å²) < 4.78 is 15.5. The van der Waals surface area contributed by atoms with Gasteiger partial charge >= 0.3 is 5.97 Å². The van der Waals surface area contributed by atoms with Crippen molar-refractivity contribution < 1.29 is 14.3 Å². The molecule has 1 saturated carbocycles. The van der Waals surface area contributed by atoms with Crippen LogP contribution in [0, 0.1) is 11.7 Å². The lowest BCUT2D eigenvalue weighted by atomic mass is 9.77. The Labute approximate surface area is 136 Å². The second-order valence-corrected chi connectivity index (χ2v) is 6.47. The summed E-state index contributed by atoms with van der Waals surface area (Å²) in [6.07, 6.45) is 5.29. The molecule has 2 atom stereocenters. The summed E-state index contributed by atoms with van der Waals surface area (Å²) in [7, 11) is 0. The average Bonchev–Trinajstić information content (AvgIpc) is 2.89. The van der Waals surface area contributed by atoms with Crippen molar-refractivity contribution in [3.8, 4) is 5.69 Å². The minimum Gasteiger partial charge on any atom is -0.481 e. The standard InChI is InChI=1S/C16H16BrFN2O2/c17-14-9-20(11-7-5-10(18)6-8-11)19-15(14)12-3-1-2-4-13(12)16(21)22/h5-9,12-13H,1-4H2,(H,21,22)/t12-,13-/m1/s1. The molecule has 22 heavy (non-hydrogen) atoms. The fourth-order valence-corrected chi connectivity index (χ4v) is 3.66. The number of aromatic nitrogens is 2. The summed E-state index contributed by atoms with van der Waals surface area (Å²) in [5.41, 5.74) is 1.52. The molecule has 1 aromatic heterocycles. The SMILES string of the molecule is O=C(O)[C@@H]1CCCC[C@H]1c1nn(-c2ccc(F)cc2)cc1Br. The minimum atomic E-state index is -0.757. The Hall–Kier alpha value is -1.69. The van der Waals surface area contributed by atoms with E-state index in [-0.39, 0.29) is 17.7 Å². The molecule has 0 saturated heterocycles. The van der Waals surface area contributed by atoms with Gasteiger partial charge in [0.25, 0.3) is 0 Å². The van der Waals surface area contributed by atoms with E-state index in [1.165, 1.54) is 12.1 Å². The number of hydrogen-bond donors (Lipinski definition) is 1. The van der Waals surface area contributed by atoms with E-state index in [0.717, 1.165) is 35.1 Å². The van der Waals surface area contributed by atoms with Gasteiger partial charge in [-0.3, -0.25) is 4.79 Å². The topological polar surface area (TPSA) is 55.1 Å². The van der Waals surface area contributed by atoms with E-state index in [9.17, 15) is 14.3 Å². The molecule has 0 bridgehead atoms. The van der Waals surface area contributed by atoms with Crippen molar-refractivity contribution in [2.45, 2.75) is 31.6 Å². The van der Waals surface area contributed by atoms with Crippen LogP contribution in [0.3, 0.4) is 0 Å². The van der Waals surface area contributed by atoms with Crippen molar-refractivity contribution >= 4 is 21.9 Å². The maximum Gasteiger partial charge on any atom is 0.307 e. The lowest BCUT2D eigenvalue weighted by Crippen LogP contribution is -2.26. The number of carboxylic acid groups (broad SMARTS) is 1. The Morgan fingerprint density at radius 3 is 2.64 bits per heavy atom. The molecule has 4 nitrogen and oxygen atoms in total. The van der Waals surface area contributed by atoms with Gasteiger partial charge in [0.15, 0.2) is 0 Å². The van der Waals surface area contributed by atoms with Crippen molar-refractivity contribution in [3.63, 3.8) is 0 Å². The first-order chi connectivity index (χ1) is 10.6. The molecule has 0 spiro atoms. The Morgan fingerprint density at radius 1 is 1.27 bits per heavy atom. The highest BCUT2D eigenvalue weighted by molar-refractivity contribution is 9.10. The van der Waals surface area contributed by atoms with E-state index in [1.807, 2.05) is 0 Å². The molecule has 0 unspecified atom stereocenters. The first-order valence-corrected chi connectivity index (χ1v) is 8.09. The summed E-state index contributed by atoms with van der Waals surface area (Å²) in [6.45, 7) is 0. The van der Waals surface area contributed by atoms with Gasteiger partial charge in [-0.15, -0.1) is 0 Å². The van der Waals surface area contributed by atoms with Crippen LogP contribution < -0.4 is 0 Å². The van der Waals surface area contributed by atoms with Gasteiger partial charge in [-0.2, -0.15) is 5.10 Å². The van der Waals surface area contributed by atoms with Crippen LogP contribution in [-0.2, 0) is 4.79 Å². The number of hydrogen-bond acceptors (Lipinski definition) is 2. The summed E-state index contributed by atoms with van der Waals surface area (Å²) in [4.78, 5) is 11.5. The van der Waals surface area contributed by atoms with Crippen LogP contribution >= 0.6 is 15.9 Å². The molecular weight excluding hydrogens is 351 g/mol. The molecule has 1 aliphatic carbocycles. The van der Waals surface area contributed by atoms with Crippen LogP contribution in [0.25, 0.3) is 5.69 Å². The van der Waals surface area contributed by atoms with Crippen molar-refractivity contribution in [3.05, 3.63) is 46.4 Å². The highest BCUT2D eigenvalue weighted by atomic mass is 79.9. The summed E-state index contributed by atoms with van der Waals surface area (Å²) in [5.74, 6) is -1.52. The second kappa shape index (κ2) is 6.20. The first kappa shape index (κ1) is 15.2. The van der Waals surface area contributed by atoms with E-state index in [4.69, 9.17) is 0 Å². The molecule has 3 rings (SSSR count). The fourth-order valence-electron chi connectivity index (χ4n) is 3.10. The Balaban J connectivity index is 1.94. The van der Waals surface area contributed by atoms with Crippen LogP contribution in [0.1, 0.15) is 37.3 Å². The van der Waals surface area contributed by atoms with Crippen LogP contribution in [0.5, 0.6) is 0 Å². The van der Waals surface area contributed by atoms with Gasteiger partial charge in [0.1, 0.15) is 5.82 Å². The van der Waals surface area contributed by atoms with Crippen LogP contribution in [-0.4, -0.2) is 20.9 Å². The monoisotopic (exact) mass is 366 g/mol. The van der Waals surface area contributed by atoms with E-state index in [2.05, 4.69) is 21.0 Å².